The van der Waals surface area contributed by atoms with E-state index < -0.39 is 42.6 Å². The third-order valence-corrected chi connectivity index (χ3v) is 4.32. The van der Waals surface area contributed by atoms with Crippen LogP contribution in [-0.4, -0.2) is 69.0 Å². The Morgan fingerprint density at radius 2 is 1.80 bits per heavy atom. The highest BCUT2D eigenvalue weighted by Gasteiger charge is 2.48. The number of hydrogen-bond acceptors (Lipinski definition) is 9. The molecule has 30 heavy (non-hydrogen) atoms. The number of nitrogens with one attached hydrogen (secondary N) is 1. The van der Waals surface area contributed by atoms with Crippen molar-refractivity contribution in [2.45, 2.75) is 58.1 Å². The number of amides is 1. The number of rotatable bonds is 7. The Kier molecular flexibility index (Phi) is 7.73. The standard InChI is InChI=1S/C19H25NO10/c1-8(2)17(25)20-11-6-10(7-28-9(3)21)4-5-12(11)29-19-15(24)13(22)14(23)16(30-19)18(26)27/h4-6,8,13-16,19,22-24H,7H2,1-3H3,(H,20,25)(H,26,27)/t13-,14-,15+,16-,19+/m0/s1. The van der Waals surface area contributed by atoms with Gasteiger partial charge in [-0.25, -0.2) is 4.79 Å². The van der Waals surface area contributed by atoms with Crippen molar-refractivity contribution in [3.8, 4) is 5.75 Å². The van der Waals surface area contributed by atoms with E-state index in [0.29, 0.717) is 5.56 Å². The number of aliphatic carboxylic acids is 1. The van der Waals surface area contributed by atoms with E-state index in [4.69, 9.17) is 19.3 Å². The monoisotopic (exact) mass is 427 g/mol. The Balaban J connectivity index is 2.30. The molecule has 1 saturated heterocycles. The van der Waals surface area contributed by atoms with Crippen molar-refractivity contribution in [1.82, 2.24) is 0 Å². The predicted octanol–water partition coefficient (Wildman–Crippen LogP) is -0.385. The van der Waals surface area contributed by atoms with E-state index in [1.165, 1.54) is 25.1 Å². The molecular weight excluding hydrogens is 402 g/mol. The normalized spacial score (nSPS) is 26.2. The van der Waals surface area contributed by atoms with Gasteiger partial charge in [0.05, 0.1) is 5.69 Å². The number of anilines is 1. The van der Waals surface area contributed by atoms with Gasteiger partial charge < -0.3 is 40.0 Å². The summed E-state index contributed by atoms with van der Waals surface area (Å²) in [6, 6.07) is 4.41. The van der Waals surface area contributed by atoms with Gasteiger partial charge >= 0.3 is 11.9 Å². The van der Waals surface area contributed by atoms with Gasteiger partial charge in [0.1, 0.15) is 30.7 Å². The highest BCUT2D eigenvalue weighted by molar-refractivity contribution is 5.93. The Morgan fingerprint density at radius 1 is 1.13 bits per heavy atom. The summed E-state index contributed by atoms with van der Waals surface area (Å²) >= 11 is 0. The number of carbonyl (C=O) groups is 3. The summed E-state index contributed by atoms with van der Waals surface area (Å²) in [4.78, 5) is 34.4. The number of benzene rings is 1. The smallest absolute Gasteiger partial charge is 0.335 e. The van der Waals surface area contributed by atoms with Crippen molar-refractivity contribution in [3.63, 3.8) is 0 Å². The second-order valence-electron chi connectivity index (χ2n) is 7.11. The average Bonchev–Trinajstić information content (AvgIpc) is 2.67. The van der Waals surface area contributed by atoms with E-state index in [0.717, 1.165) is 0 Å². The number of aliphatic hydroxyl groups is 3. The number of carbonyl (C=O) groups excluding carboxylic acids is 2. The van der Waals surface area contributed by atoms with Gasteiger partial charge in [-0.3, -0.25) is 9.59 Å². The predicted molar refractivity (Wildman–Crippen MR) is 100 cm³/mol. The summed E-state index contributed by atoms with van der Waals surface area (Å²) in [5.41, 5.74) is 0.683. The van der Waals surface area contributed by atoms with E-state index in [1.807, 2.05) is 0 Å². The van der Waals surface area contributed by atoms with E-state index in [9.17, 15) is 29.7 Å². The summed E-state index contributed by atoms with van der Waals surface area (Å²) < 4.78 is 15.6. The lowest BCUT2D eigenvalue weighted by Gasteiger charge is -2.38. The van der Waals surface area contributed by atoms with Gasteiger partial charge in [0.2, 0.25) is 12.2 Å². The quantitative estimate of drug-likeness (QED) is 0.361. The zero-order chi connectivity index (χ0) is 22.6. The van der Waals surface area contributed by atoms with Crippen LogP contribution in [0.15, 0.2) is 18.2 Å². The number of esters is 1. The third kappa shape index (κ3) is 5.66. The molecule has 1 heterocycles. The first kappa shape index (κ1) is 23.5. The van der Waals surface area contributed by atoms with Crippen LogP contribution in [0.1, 0.15) is 26.3 Å². The van der Waals surface area contributed by atoms with Crippen LogP contribution in [0.2, 0.25) is 0 Å². The SMILES string of the molecule is CC(=O)OCc1ccc(O[C@@H]2O[C@H](C(=O)O)[C@@H](O)[C@H](O)[C@H]2O)c(NC(=O)C(C)C)c1. The Bertz CT molecular complexity index is 796. The molecule has 1 aliphatic heterocycles. The van der Waals surface area contributed by atoms with E-state index in [-0.39, 0.29) is 29.9 Å². The first-order valence-electron chi connectivity index (χ1n) is 9.17. The number of carboxylic acid groups (broad SMARTS) is 1. The maximum Gasteiger partial charge on any atom is 0.335 e. The van der Waals surface area contributed by atoms with Crippen LogP contribution in [-0.2, 0) is 30.5 Å². The topological polar surface area (TPSA) is 172 Å². The van der Waals surface area contributed by atoms with Gasteiger partial charge in [-0.2, -0.15) is 0 Å². The summed E-state index contributed by atoms with van der Waals surface area (Å²) in [6.07, 6.45) is -8.92. The van der Waals surface area contributed by atoms with Crippen LogP contribution < -0.4 is 10.1 Å². The van der Waals surface area contributed by atoms with Crippen molar-refractivity contribution in [3.05, 3.63) is 23.8 Å². The lowest BCUT2D eigenvalue weighted by atomic mass is 9.99. The van der Waals surface area contributed by atoms with Crippen LogP contribution >= 0.6 is 0 Å². The van der Waals surface area contributed by atoms with Crippen molar-refractivity contribution in [2.24, 2.45) is 5.92 Å². The average molecular weight is 427 g/mol. The Labute approximate surface area is 172 Å². The minimum Gasteiger partial charge on any atom is -0.479 e. The molecule has 0 aliphatic carbocycles. The largest absolute Gasteiger partial charge is 0.479 e. The number of aliphatic hydroxyl groups excluding tert-OH is 3. The Morgan fingerprint density at radius 3 is 2.37 bits per heavy atom. The fourth-order valence-electron chi connectivity index (χ4n) is 2.60. The fraction of sp³-hybridized carbons (Fsp3) is 0.526. The molecule has 0 bridgehead atoms. The fourth-order valence-corrected chi connectivity index (χ4v) is 2.60. The molecule has 1 amide bonds. The minimum atomic E-state index is -1.86. The summed E-state index contributed by atoms with van der Waals surface area (Å²) in [5.74, 6) is -2.76. The molecule has 166 valence electrons. The first-order valence-corrected chi connectivity index (χ1v) is 9.17. The van der Waals surface area contributed by atoms with Gasteiger partial charge in [-0.05, 0) is 17.7 Å². The van der Waals surface area contributed by atoms with Crippen molar-refractivity contribution in [1.29, 1.82) is 0 Å². The molecule has 1 aromatic rings. The molecule has 5 N–H and O–H groups in total. The molecule has 0 saturated carbocycles. The van der Waals surface area contributed by atoms with Crippen LogP contribution in [0.3, 0.4) is 0 Å². The summed E-state index contributed by atoms with van der Waals surface area (Å²) in [6.45, 7) is 4.53. The van der Waals surface area contributed by atoms with E-state index in [1.54, 1.807) is 13.8 Å². The van der Waals surface area contributed by atoms with Crippen LogP contribution in [0.4, 0.5) is 5.69 Å². The number of carboxylic acids is 1. The molecule has 11 nitrogen and oxygen atoms in total. The van der Waals surface area contributed by atoms with Crippen LogP contribution in [0.25, 0.3) is 0 Å². The molecule has 11 heteroatoms. The molecule has 1 fully saturated rings. The van der Waals surface area contributed by atoms with Crippen molar-refractivity contribution < 1.29 is 49.0 Å². The highest BCUT2D eigenvalue weighted by Crippen LogP contribution is 2.31. The lowest BCUT2D eigenvalue weighted by molar-refractivity contribution is -0.271. The minimum absolute atomic E-state index is 0.00681. The van der Waals surface area contributed by atoms with E-state index >= 15 is 0 Å². The van der Waals surface area contributed by atoms with Crippen LogP contribution in [0, 0.1) is 5.92 Å². The molecule has 0 aromatic heterocycles. The maximum atomic E-state index is 12.2. The number of ether oxygens (including phenoxy) is 3. The zero-order valence-corrected chi connectivity index (χ0v) is 16.6. The van der Waals surface area contributed by atoms with Crippen molar-refractivity contribution in [2.75, 3.05) is 5.32 Å². The summed E-state index contributed by atoms with van der Waals surface area (Å²) in [7, 11) is 0. The maximum absolute atomic E-state index is 12.2. The molecule has 1 aliphatic rings. The third-order valence-electron chi connectivity index (χ3n) is 4.32. The molecule has 1 aromatic carbocycles. The molecule has 2 rings (SSSR count). The van der Waals surface area contributed by atoms with E-state index in [2.05, 4.69) is 5.32 Å². The molecule has 0 spiro atoms. The highest BCUT2D eigenvalue weighted by atomic mass is 16.7. The summed E-state index contributed by atoms with van der Waals surface area (Å²) in [5, 5.41) is 41.6. The lowest BCUT2D eigenvalue weighted by Crippen LogP contribution is -2.61. The second kappa shape index (κ2) is 9.85. The first-order chi connectivity index (χ1) is 14.0. The molecule has 0 radical (unpaired) electrons. The van der Waals surface area contributed by atoms with Crippen molar-refractivity contribution >= 4 is 23.5 Å². The molecular formula is C19H25NO10. The van der Waals surface area contributed by atoms with Gasteiger partial charge in [0.15, 0.2) is 6.10 Å². The molecule has 5 atom stereocenters. The van der Waals surface area contributed by atoms with Gasteiger partial charge in [-0.1, -0.05) is 19.9 Å². The van der Waals surface area contributed by atoms with Gasteiger partial charge in [0, 0.05) is 12.8 Å². The van der Waals surface area contributed by atoms with Gasteiger partial charge in [0.25, 0.3) is 0 Å². The van der Waals surface area contributed by atoms with Gasteiger partial charge in [-0.15, -0.1) is 0 Å². The van der Waals surface area contributed by atoms with Crippen LogP contribution in [0.5, 0.6) is 5.75 Å². The second-order valence-corrected chi connectivity index (χ2v) is 7.11. The zero-order valence-electron chi connectivity index (χ0n) is 16.6. The Hall–Kier alpha value is -2.73. The molecule has 0 unspecified atom stereocenters. The number of hydrogen-bond donors (Lipinski definition) is 5.